The number of nitrogens with zero attached hydrogens (tertiary/aromatic N) is 2. The molecule has 6 aromatic rings. The fraction of sp³-hybridized carbons (Fsp3) is 0.100. The molecule has 9 heteroatoms. The first-order valence-electron chi connectivity index (χ1n) is 12.1. The van der Waals surface area contributed by atoms with Crippen LogP contribution < -0.4 is 0 Å². The number of aromatic nitrogens is 2. The van der Waals surface area contributed by atoms with E-state index in [1.54, 1.807) is 30.4 Å². The molecule has 0 fully saturated rings. The molecule has 2 heterocycles. The zero-order valence-corrected chi connectivity index (χ0v) is 23.5. The molecule has 0 bridgehead atoms. The Morgan fingerprint density at radius 2 is 1.44 bits per heavy atom. The van der Waals surface area contributed by atoms with Gasteiger partial charge in [0.15, 0.2) is 5.78 Å². The van der Waals surface area contributed by atoms with Crippen LogP contribution in [0.15, 0.2) is 83.8 Å². The van der Waals surface area contributed by atoms with Crippen molar-refractivity contribution in [1.29, 1.82) is 0 Å². The molecule has 4 aromatic carbocycles. The molecular weight excluding hydrogens is 549 g/mol. The van der Waals surface area contributed by atoms with Crippen LogP contribution in [0.3, 0.4) is 0 Å². The summed E-state index contributed by atoms with van der Waals surface area (Å²) in [4.78, 5) is 22.0. The van der Waals surface area contributed by atoms with Gasteiger partial charge in [-0.2, -0.15) is 8.42 Å². The van der Waals surface area contributed by atoms with Crippen LogP contribution in [-0.2, 0) is 16.5 Å². The summed E-state index contributed by atoms with van der Waals surface area (Å²) in [7, 11) is -4.37. The highest BCUT2D eigenvalue weighted by atomic mass is 32.2. The van der Waals surface area contributed by atoms with Crippen molar-refractivity contribution in [1.82, 2.24) is 9.97 Å². The second-order valence-electron chi connectivity index (χ2n) is 9.42. The molecule has 1 N–H and O–H groups in total. The number of carbonyl (C=O) groups excluding carboxylic acids is 1. The number of hydrogen-bond acceptors (Lipinski definition) is 7. The Hall–Kier alpha value is -3.76. The van der Waals surface area contributed by atoms with E-state index < -0.39 is 10.1 Å². The molecule has 0 aliphatic carbocycles. The van der Waals surface area contributed by atoms with E-state index in [4.69, 9.17) is 4.98 Å². The van der Waals surface area contributed by atoms with Crippen LogP contribution in [0.25, 0.3) is 41.6 Å². The molecule has 0 spiro atoms. The van der Waals surface area contributed by atoms with Crippen molar-refractivity contribution in [3.63, 3.8) is 0 Å². The summed E-state index contributed by atoms with van der Waals surface area (Å²) >= 11 is 2.80. The molecule has 0 aliphatic heterocycles. The van der Waals surface area contributed by atoms with Crippen molar-refractivity contribution >= 4 is 59.0 Å². The fourth-order valence-corrected chi connectivity index (χ4v) is 7.80. The Balaban J connectivity index is 1.27. The third-order valence-corrected chi connectivity index (χ3v) is 9.92. The van der Waals surface area contributed by atoms with E-state index in [2.05, 4.69) is 4.98 Å². The molecule has 0 atom stereocenters. The molecule has 0 saturated heterocycles. The Morgan fingerprint density at radius 3 is 2.15 bits per heavy atom. The molecule has 0 amide bonds. The number of Topliss-reactive ketones (excluding diaryl/α,β-unsaturated/α-hetero) is 1. The second kappa shape index (κ2) is 9.77. The van der Waals surface area contributed by atoms with Crippen molar-refractivity contribution in [3.8, 4) is 21.1 Å². The van der Waals surface area contributed by atoms with E-state index in [9.17, 15) is 17.8 Å². The van der Waals surface area contributed by atoms with Crippen LogP contribution in [0, 0.1) is 13.8 Å². The van der Waals surface area contributed by atoms with Gasteiger partial charge in [-0.3, -0.25) is 9.35 Å². The standard InChI is InChI=1S/C30H22N2O4S3/c1-17-3-8-20(9-4-17)25(33)15-19-6-10-21(11-7-19)29-31-23-14-12-22(16-26(23)37-29)30-32-24-13-5-18(2)28(27(24)38-30)39(34,35)36/h3-14,16H,15H2,1-2H3,(H,34,35,36). The van der Waals surface area contributed by atoms with Crippen molar-refractivity contribution in [2.45, 2.75) is 25.2 Å². The highest BCUT2D eigenvalue weighted by Gasteiger charge is 2.21. The lowest BCUT2D eigenvalue weighted by molar-refractivity contribution is 0.0993. The average Bonchev–Trinajstić information content (AvgIpc) is 3.52. The van der Waals surface area contributed by atoms with Crippen molar-refractivity contribution in [3.05, 3.63) is 101 Å². The minimum atomic E-state index is -4.37. The molecule has 0 unspecified atom stereocenters. The first-order chi connectivity index (χ1) is 18.7. The molecule has 6 rings (SSSR count). The first-order valence-corrected chi connectivity index (χ1v) is 15.2. The number of hydrogen-bond donors (Lipinski definition) is 1. The molecular formula is C30H22N2O4S3. The number of ketones is 1. The smallest absolute Gasteiger partial charge is 0.294 e. The summed E-state index contributed by atoms with van der Waals surface area (Å²) in [5.41, 5.74) is 6.47. The normalized spacial score (nSPS) is 11.9. The highest BCUT2D eigenvalue weighted by molar-refractivity contribution is 7.86. The lowest BCUT2D eigenvalue weighted by Gasteiger charge is -2.03. The zero-order chi connectivity index (χ0) is 27.3. The predicted octanol–water partition coefficient (Wildman–Crippen LogP) is 7.53. The van der Waals surface area contributed by atoms with Gasteiger partial charge in [-0.1, -0.05) is 60.2 Å². The van der Waals surface area contributed by atoms with E-state index in [1.807, 2.05) is 73.7 Å². The van der Waals surface area contributed by atoms with Gasteiger partial charge in [-0.05, 0) is 49.2 Å². The predicted molar refractivity (Wildman–Crippen MR) is 157 cm³/mol. The largest absolute Gasteiger partial charge is 0.296 e. The SMILES string of the molecule is Cc1ccc(C(=O)Cc2ccc(-c3nc4ccc(-c5nc6ccc(C)c(S(=O)(=O)O)c6s5)cc4s3)cc2)cc1. The van der Waals surface area contributed by atoms with Crippen LogP contribution in [-0.4, -0.2) is 28.7 Å². The minimum Gasteiger partial charge on any atom is -0.294 e. The number of thiazole rings is 2. The first kappa shape index (κ1) is 25.5. The summed E-state index contributed by atoms with van der Waals surface area (Å²) in [5.74, 6) is 0.0870. The van der Waals surface area contributed by atoms with Gasteiger partial charge in [-0.15, -0.1) is 22.7 Å². The summed E-state index contributed by atoms with van der Waals surface area (Å²) in [6.45, 7) is 3.65. The van der Waals surface area contributed by atoms with Crippen molar-refractivity contribution < 1.29 is 17.8 Å². The second-order valence-corrected chi connectivity index (χ2v) is 12.8. The molecule has 194 valence electrons. The quantitative estimate of drug-likeness (QED) is 0.164. The average molecular weight is 571 g/mol. The van der Waals surface area contributed by atoms with Gasteiger partial charge >= 0.3 is 0 Å². The molecule has 0 radical (unpaired) electrons. The highest BCUT2D eigenvalue weighted by Crippen LogP contribution is 2.38. The molecule has 0 aliphatic rings. The fourth-order valence-electron chi connectivity index (χ4n) is 4.48. The van der Waals surface area contributed by atoms with Gasteiger partial charge in [0.2, 0.25) is 0 Å². The molecule has 0 saturated carbocycles. The van der Waals surface area contributed by atoms with Gasteiger partial charge in [0.1, 0.15) is 14.9 Å². The van der Waals surface area contributed by atoms with Gasteiger partial charge in [-0.25, -0.2) is 9.97 Å². The Morgan fingerprint density at radius 1 is 0.795 bits per heavy atom. The zero-order valence-electron chi connectivity index (χ0n) is 21.0. The van der Waals surface area contributed by atoms with Crippen LogP contribution in [0.1, 0.15) is 27.0 Å². The van der Waals surface area contributed by atoms with Crippen LogP contribution in [0.2, 0.25) is 0 Å². The number of fused-ring (bicyclic) bond motifs is 2. The number of aryl methyl sites for hydroxylation is 2. The lowest BCUT2D eigenvalue weighted by Crippen LogP contribution is -2.03. The minimum absolute atomic E-state index is 0.0870. The maximum atomic E-state index is 12.6. The summed E-state index contributed by atoms with van der Waals surface area (Å²) in [6.07, 6.45) is 0.341. The van der Waals surface area contributed by atoms with E-state index in [-0.39, 0.29) is 10.7 Å². The third-order valence-electron chi connectivity index (χ3n) is 6.54. The topological polar surface area (TPSA) is 97.2 Å². The summed E-state index contributed by atoms with van der Waals surface area (Å²) in [6, 6.07) is 24.8. The Bertz CT molecular complexity index is 1990. The molecule has 39 heavy (non-hydrogen) atoms. The van der Waals surface area contributed by atoms with Gasteiger partial charge < -0.3 is 0 Å². The van der Waals surface area contributed by atoms with Crippen LogP contribution in [0.4, 0.5) is 0 Å². The maximum Gasteiger partial charge on any atom is 0.296 e. The van der Waals surface area contributed by atoms with Gasteiger partial charge in [0.05, 0.1) is 20.4 Å². The number of rotatable bonds is 6. The monoisotopic (exact) mass is 570 g/mol. The maximum absolute atomic E-state index is 12.6. The van der Waals surface area contributed by atoms with Crippen LogP contribution in [0.5, 0.6) is 0 Å². The van der Waals surface area contributed by atoms with E-state index >= 15 is 0 Å². The summed E-state index contributed by atoms with van der Waals surface area (Å²) < 4.78 is 35.1. The lowest BCUT2D eigenvalue weighted by atomic mass is 10.0. The Labute approximate surface area is 233 Å². The van der Waals surface area contributed by atoms with E-state index in [0.717, 1.165) is 37.5 Å². The third kappa shape index (κ3) is 5.02. The molecule has 6 nitrogen and oxygen atoms in total. The molecule has 2 aromatic heterocycles. The Kier molecular flexibility index (Phi) is 6.39. The van der Waals surface area contributed by atoms with E-state index in [1.165, 1.54) is 11.3 Å². The van der Waals surface area contributed by atoms with Gasteiger partial charge in [0.25, 0.3) is 10.1 Å². The number of benzene rings is 4. The van der Waals surface area contributed by atoms with Crippen molar-refractivity contribution in [2.75, 3.05) is 0 Å². The van der Waals surface area contributed by atoms with E-state index in [0.29, 0.717) is 32.8 Å². The number of carbonyl (C=O) groups is 1. The van der Waals surface area contributed by atoms with Gasteiger partial charge in [0, 0.05) is 23.1 Å². The summed E-state index contributed by atoms with van der Waals surface area (Å²) in [5, 5.41) is 1.53. The van der Waals surface area contributed by atoms with Crippen molar-refractivity contribution in [2.24, 2.45) is 0 Å². The van der Waals surface area contributed by atoms with Crippen LogP contribution >= 0.6 is 22.7 Å².